The second-order valence-electron chi connectivity index (χ2n) is 4.87. The summed E-state index contributed by atoms with van der Waals surface area (Å²) in [6.07, 6.45) is 5.13. The first-order valence-electron chi connectivity index (χ1n) is 6.57. The fourth-order valence-corrected chi connectivity index (χ4v) is 1.97. The second-order valence-corrected chi connectivity index (χ2v) is 4.87. The maximum atomic E-state index is 12.3. The van der Waals surface area contributed by atoms with Crippen molar-refractivity contribution in [3.63, 3.8) is 0 Å². The molecule has 0 unspecified atom stereocenters. The number of anilines is 1. The van der Waals surface area contributed by atoms with E-state index in [-0.39, 0.29) is 31.5 Å². The third kappa shape index (κ3) is 3.91. The molecule has 1 aromatic heterocycles. The second kappa shape index (κ2) is 6.31. The number of hydrogen-bond donors (Lipinski definition) is 1. The molecule has 1 heterocycles. The van der Waals surface area contributed by atoms with Crippen LogP contribution in [0.15, 0.2) is 18.5 Å². The zero-order valence-corrected chi connectivity index (χ0v) is 11.4. The Hall–Kier alpha value is -2.18. The fourth-order valence-electron chi connectivity index (χ4n) is 1.97. The average Bonchev–Trinajstić information content (AvgIpc) is 3.24. The smallest absolute Gasteiger partial charge is 0.305 e. The third-order valence-corrected chi connectivity index (χ3v) is 3.14. The molecular formula is C13H18N4O3. The molecule has 2 rings (SSSR count). The van der Waals surface area contributed by atoms with Crippen LogP contribution in [0.25, 0.3) is 0 Å². The van der Waals surface area contributed by atoms with Crippen LogP contribution in [0.2, 0.25) is 0 Å². The van der Waals surface area contributed by atoms with Crippen molar-refractivity contribution in [1.29, 1.82) is 0 Å². The molecule has 1 N–H and O–H groups in total. The van der Waals surface area contributed by atoms with Crippen LogP contribution in [0.5, 0.6) is 0 Å². The van der Waals surface area contributed by atoms with Crippen molar-refractivity contribution < 1.29 is 14.7 Å². The van der Waals surface area contributed by atoms with Gasteiger partial charge in [0.25, 0.3) is 0 Å². The Balaban J connectivity index is 1.92. The monoisotopic (exact) mass is 278 g/mol. The maximum absolute atomic E-state index is 12.3. The number of hydrogen-bond acceptors (Lipinski definition) is 5. The van der Waals surface area contributed by atoms with Gasteiger partial charge in [0, 0.05) is 32.0 Å². The van der Waals surface area contributed by atoms with Gasteiger partial charge in [-0.3, -0.25) is 9.59 Å². The molecule has 1 amide bonds. The summed E-state index contributed by atoms with van der Waals surface area (Å²) in [6.45, 7) is 0.419. The fraction of sp³-hybridized carbons (Fsp3) is 0.538. The lowest BCUT2D eigenvalue weighted by Gasteiger charge is -2.25. The highest BCUT2D eigenvalue weighted by molar-refractivity contribution is 5.82. The normalized spacial score (nSPS) is 13.8. The van der Waals surface area contributed by atoms with E-state index in [2.05, 4.69) is 9.97 Å². The molecule has 1 fully saturated rings. The summed E-state index contributed by atoms with van der Waals surface area (Å²) in [7, 11) is 1.75. The first-order valence-corrected chi connectivity index (χ1v) is 6.57. The topological polar surface area (TPSA) is 86.6 Å². The molecule has 1 aromatic rings. The van der Waals surface area contributed by atoms with Crippen LogP contribution >= 0.6 is 0 Å². The summed E-state index contributed by atoms with van der Waals surface area (Å²) in [5, 5.41) is 8.74. The number of carbonyl (C=O) groups excluding carboxylic acids is 1. The van der Waals surface area contributed by atoms with Gasteiger partial charge in [0.1, 0.15) is 0 Å². The van der Waals surface area contributed by atoms with Gasteiger partial charge in [-0.2, -0.15) is 0 Å². The van der Waals surface area contributed by atoms with Crippen LogP contribution in [0, 0.1) is 0 Å². The number of aliphatic carboxylic acids is 1. The lowest BCUT2D eigenvalue weighted by atomic mass is 10.3. The summed E-state index contributed by atoms with van der Waals surface area (Å²) >= 11 is 0. The van der Waals surface area contributed by atoms with E-state index in [4.69, 9.17) is 5.11 Å². The predicted molar refractivity (Wildman–Crippen MR) is 72.3 cm³/mol. The molecule has 0 saturated heterocycles. The van der Waals surface area contributed by atoms with E-state index in [0.717, 1.165) is 12.8 Å². The first kappa shape index (κ1) is 14.2. The number of carbonyl (C=O) groups is 2. The Morgan fingerprint density at radius 2 is 2.00 bits per heavy atom. The van der Waals surface area contributed by atoms with E-state index >= 15 is 0 Å². The van der Waals surface area contributed by atoms with Crippen molar-refractivity contribution >= 4 is 17.8 Å². The zero-order chi connectivity index (χ0) is 14.5. The SMILES string of the molecule is CN(CC(=O)N(CCC(=O)O)C1CC1)c1ncccn1. The number of aromatic nitrogens is 2. The van der Waals surface area contributed by atoms with Crippen molar-refractivity contribution in [2.24, 2.45) is 0 Å². The highest BCUT2D eigenvalue weighted by Crippen LogP contribution is 2.27. The number of nitrogens with zero attached hydrogens (tertiary/aromatic N) is 4. The van der Waals surface area contributed by atoms with E-state index in [9.17, 15) is 9.59 Å². The number of rotatable bonds is 7. The maximum Gasteiger partial charge on any atom is 0.305 e. The molecule has 7 heteroatoms. The molecule has 0 spiro atoms. The molecule has 1 saturated carbocycles. The van der Waals surface area contributed by atoms with Crippen LogP contribution < -0.4 is 4.90 Å². The van der Waals surface area contributed by atoms with Crippen molar-refractivity contribution in [2.75, 3.05) is 25.0 Å². The van der Waals surface area contributed by atoms with Crippen LogP contribution in [-0.2, 0) is 9.59 Å². The number of amides is 1. The van der Waals surface area contributed by atoms with Crippen molar-refractivity contribution in [1.82, 2.24) is 14.9 Å². The van der Waals surface area contributed by atoms with E-state index in [1.807, 2.05) is 0 Å². The Bertz CT molecular complexity index is 476. The Morgan fingerprint density at radius 1 is 1.35 bits per heavy atom. The van der Waals surface area contributed by atoms with Gasteiger partial charge in [0.15, 0.2) is 0 Å². The Labute approximate surface area is 117 Å². The van der Waals surface area contributed by atoms with E-state index < -0.39 is 5.97 Å². The molecular weight excluding hydrogens is 260 g/mol. The number of carboxylic acids is 1. The molecule has 1 aliphatic carbocycles. The van der Waals surface area contributed by atoms with Gasteiger partial charge < -0.3 is 14.9 Å². The van der Waals surface area contributed by atoms with Gasteiger partial charge in [-0.15, -0.1) is 0 Å². The van der Waals surface area contributed by atoms with E-state index in [1.54, 1.807) is 35.3 Å². The summed E-state index contributed by atoms with van der Waals surface area (Å²) in [6, 6.07) is 1.91. The molecule has 0 aliphatic heterocycles. The van der Waals surface area contributed by atoms with Gasteiger partial charge in [-0.05, 0) is 18.9 Å². The summed E-state index contributed by atoms with van der Waals surface area (Å²) < 4.78 is 0. The number of carboxylic acid groups (broad SMARTS) is 1. The average molecular weight is 278 g/mol. The molecule has 0 bridgehead atoms. The van der Waals surface area contributed by atoms with Crippen LogP contribution in [0.4, 0.5) is 5.95 Å². The molecule has 0 aromatic carbocycles. The van der Waals surface area contributed by atoms with E-state index in [0.29, 0.717) is 5.95 Å². The molecule has 1 aliphatic rings. The summed E-state index contributed by atoms with van der Waals surface area (Å²) in [5.74, 6) is -0.485. The minimum atomic E-state index is -0.886. The quantitative estimate of drug-likeness (QED) is 0.776. The first-order chi connectivity index (χ1) is 9.58. The van der Waals surface area contributed by atoms with Crippen molar-refractivity contribution in [2.45, 2.75) is 25.3 Å². The highest BCUT2D eigenvalue weighted by Gasteiger charge is 2.33. The Kier molecular flexibility index (Phi) is 4.49. The minimum absolute atomic E-state index is 0.0200. The molecule has 7 nitrogen and oxygen atoms in total. The third-order valence-electron chi connectivity index (χ3n) is 3.14. The largest absolute Gasteiger partial charge is 0.481 e. The predicted octanol–water partition coefficient (Wildman–Crippen LogP) is 0.379. The lowest BCUT2D eigenvalue weighted by Crippen LogP contribution is -2.41. The standard InChI is InChI=1S/C13H18N4O3/c1-16(13-14-6-2-7-15-13)9-11(18)17(10-3-4-10)8-5-12(19)20/h2,6-7,10H,3-5,8-9H2,1H3,(H,19,20). The van der Waals surface area contributed by atoms with Gasteiger partial charge >= 0.3 is 5.97 Å². The van der Waals surface area contributed by atoms with Gasteiger partial charge in [0.2, 0.25) is 11.9 Å². The van der Waals surface area contributed by atoms with Crippen molar-refractivity contribution in [3.8, 4) is 0 Å². The lowest BCUT2D eigenvalue weighted by molar-refractivity contribution is -0.138. The molecule has 20 heavy (non-hydrogen) atoms. The van der Waals surface area contributed by atoms with Gasteiger partial charge in [-0.1, -0.05) is 0 Å². The molecule has 108 valence electrons. The van der Waals surface area contributed by atoms with Crippen LogP contribution in [0.1, 0.15) is 19.3 Å². The summed E-state index contributed by atoms with van der Waals surface area (Å²) in [4.78, 5) is 34.4. The van der Waals surface area contributed by atoms with Crippen LogP contribution in [0.3, 0.4) is 0 Å². The van der Waals surface area contributed by atoms with Crippen LogP contribution in [-0.4, -0.2) is 58.0 Å². The number of likely N-dealkylation sites (N-methyl/N-ethyl adjacent to an activating group) is 1. The van der Waals surface area contributed by atoms with Gasteiger partial charge in [0.05, 0.1) is 13.0 Å². The van der Waals surface area contributed by atoms with Gasteiger partial charge in [-0.25, -0.2) is 9.97 Å². The van der Waals surface area contributed by atoms with E-state index in [1.165, 1.54) is 0 Å². The highest BCUT2D eigenvalue weighted by atomic mass is 16.4. The zero-order valence-electron chi connectivity index (χ0n) is 11.4. The molecule has 0 radical (unpaired) electrons. The Morgan fingerprint density at radius 3 is 2.55 bits per heavy atom. The summed E-state index contributed by atoms with van der Waals surface area (Å²) in [5.41, 5.74) is 0. The molecule has 0 atom stereocenters. The minimum Gasteiger partial charge on any atom is -0.481 e. The van der Waals surface area contributed by atoms with Crippen molar-refractivity contribution in [3.05, 3.63) is 18.5 Å².